The van der Waals surface area contributed by atoms with E-state index in [9.17, 15) is 5.11 Å². The highest BCUT2D eigenvalue weighted by molar-refractivity contribution is 4.78. The molecule has 0 aliphatic heterocycles. The van der Waals surface area contributed by atoms with E-state index in [4.69, 9.17) is 5.11 Å². The van der Waals surface area contributed by atoms with Crippen LogP contribution in [0.2, 0.25) is 0 Å². The molecule has 1 aliphatic carbocycles. The molecule has 1 rings (SSSR count). The summed E-state index contributed by atoms with van der Waals surface area (Å²) in [5.74, 6) is 0. The number of rotatable bonds is 5. The highest BCUT2D eigenvalue weighted by atomic mass is 16.3. The van der Waals surface area contributed by atoms with Gasteiger partial charge < -0.3 is 15.5 Å². The van der Waals surface area contributed by atoms with Crippen molar-refractivity contribution in [1.29, 1.82) is 0 Å². The molecule has 0 radical (unpaired) electrons. The molecule has 15 heavy (non-hydrogen) atoms. The zero-order chi connectivity index (χ0) is 11.1. The second-order valence-corrected chi connectivity index (χ2v) is 4.76. The van der Waals surface area contributed by atoms with E-state index in [-0.39, 0.29) is 18.2 Å². The number of nitrogens with one attached hydrogen (secondary N) is 1. The molecule has 3 unspecified atom stereocenters. The van der Waals surface area contributed by atoms with Gasteiger partial charge in [-0.2, -0.15) is 0 Å². The van der Waals surface area contributed by atoms with Crippen LogP contribution in [-0.4, -0.2) is 35.0 Å². The highest BCUT2D eigenvalue weighted by Crippen LogP contribution is 2.17. The fourth-order valence-corrected chi connectivity index (χ4v) is 2.21. The quantitative estimate of drug-likeness (QED) is 0.480. The van der Waals surface area contributed by atoms with Crippen molar-refractivity contribution in [3.05, 3.63) is 0 Å². The number of aliphatic hydroxyl groups is 2. The van der Waals surface area contributed by atoms with Crippen LogP contribution in [0.15, 0.2) is 0 Å². The van der Waals surface area contributed by atoms with Gasteiger partial charge in [-0.05, 0) is 39.2 Å². The fraction of sp³-hybridized carbons (Fsp3) is 1.00. The van der Waals surface area contributed by atoms with Crippen LogP contribution in [-0.2, 0) is 0 Å². The van der Waals surface area contributed by atoms with Crippen LogP contribution in [0.1, 0.15) is 51.9 Å². The molecule has 0 heterocycles. The third-order valence-corrected chi connectivity index (χ3v) is 3.18. The lowest BCUT2D eigenvalue weighted by molar-refractivity contribution is 0.118. The Hall–Kier alpha value is -0.120. The molecule has 0 bridgehead atoms. The molecule has 0 amide bonds. The van der Waals surface area contributed by atoms with Crippen molar-refractivity contribution in [3.63, 3.8) is 0 Å². The molecule has 3 nitrogen and oxygen atoms in total. The molecule has 1 aliphatic rings. The van der Waals surface area contributed by atoms with Gasteiger partial charge in [0.1, 0.15) is 0 Å². The number of hydrogen-bond acceptors (Lipinski definition) is 3. The van der Waals surface area contributed by atoms with Gasteiger partial charge >= 0.3 is 0 Å². The lowest BCUT2D eigenvalue weighted by atomic mass is 10.1. The van der Waals surface area contributed by atoms with Crippen molar-refractivity contribution in [2.75, 3.05) is 6.54 Å². The zero-order valence-corrected chi connectivity index (χ0v) is 9.78. The lowest BCUT2D eigenvalue weighted by Gasteiger charge is -2.21. The van der Waals surface area contributed by atoms with Gasteiger partial charge in [-0.25, -0.2) is 0 Å². The second-order valence-electron chi connectivity index (χ2n) is 4.76. The molecule has 1 saturated carbocycles. The molecule has 0 aromatic carbocycles. The Morgan fingerprint density at radius 2 is 2.00 bits per heavy atom. The van der Waals surface area contributed by atoms with Gasteiger partial charge in [-0.15, -0.1) is 0 Å². The van der Waals surface area contributed by atoms with E-state index in [1.54, 1.807) is 0 Å². The Kier molecular flexibility index (Phi) is 6.22. The van der Waals surface area contributed by atoms with E-state index in [2.05, 4.69) is 5.32 Å². The predicted molar refractivity (Wildman–Crippen MR) is 61.8 cm³/mol. The van der Waals surface area contributed by atoms with Gasteiger partial charge in [0.25, 0.3) is 0 Å². The summed E-state index contributed by atoms with van der Waals surface area (Å²) < 4.78 is 0. The predicted octanol–water partition coefficient (Wildman–Crippen LogP) is 1.43. The first-order valence-corrected chi connectivity index (χ1v) is 6.29. The van der Waals surface area contributed by atoms with Crippen molar-refractivity contribution < 1.29 is 10.2 Å². The highest BCUT2D eigenvalue weighted by Gasteiger charge is 2.20. The van der Waals surface area contributed by atoms with E-state index in [1.165, 1.54) is 12.8 Å². The summed E-state index contributed by atoms with van der Waals surface area (Å²) in [5, 5.41) is 22.4. The Morgan fingerprint density at radius 1 is 1.27 bits per heavy atom. The average molecular weight is 215 g/mol. The number of aliphatic hydroxyl groups excluding tert-OH is 2. The molecule has 90 valence electrons. The van der Waals surface area contributed by atoms with Gasteiger partial charge in [0.15, 0.2) is 0 Å². The van der Waals surface area contributed by atoms with Crippen LogP contribution in [0.4, 0.5) is 0 Å². The summed E-state index contributed by atoms with van der Waals surface area (Å²) in [6.45, 7) is 2.73. The molecule has 0 aromatic heterocycles. The van der Waals surface area contributed by atoms with Crippen molar-refractivity contribution in [1.82, 2.24) is 5.32 Å². The molecular weight excluding hydrogens is 190 g/mol. The summed E-state index contributed by atoms with van der Waals surface area (Å²) in [5.41, 5.74) is 0. The fourth-order valence-electron chi connectivity index (χ4n) is 2.21. The molecule has 1 fully saturated rings. The molecule has 3 N–H and O–H groups in total. The summed E-state index contributed by atoms with van der Waals surface area (Å²) in [4.78, 5) is 0. The summed E-state index contributed by atoms with van der Waals surface area (Å²) in [6.07, 6.45) is 7.13. The monoisotopic (exact) mass is 215 g/mol. The van der Waals surface area contributed by atoms with Crippen molar-refractivity contribution in [3.8, 4) is 0 Å². The van der Waals surface area contributed by atoms with Gasteiger partial charge in [0.2, 0.25) is 0 Å². The molecule has 3 atom stereocenters. The maximum Gasteiger partial charge on any atom is 0.0693 e. The van der Waals surface area contributed by atoms with Gasteiger partial charge in [0.05, 0.1) is 12.2 Å². The minimum Gasteiger partial charge on any atom is -0.393 e. The Labute approximate surface area is 92.9 Å². The van der Waals surface area contributed by atoms with Crippen LogP contribution in [0.3, 0.4) is 0 Å². The average Bonchev–Trinajstić information content (AvgIpc) is 2.38. The third kappa shape index (κ3) is 5.50. The smallest absolute Gasteiger partial charge is 0.0693 e. The first kappa shape index (κ1) is 12.9. The van der Waals surface area contributed by atoms with Crippen LogP contribution in [0.5, 0.6) is 0 Å². The first-order chi connectivity index (χ1) is 7.20. The topological polar surface area (TPSA) is 52.5 Å². The Bertz CT molecular complexity index is 162. The Balaban J connectivity index is 2.12. The van der Waals surface area contributed by atoms with E-state index >= 15 is 0 Å². The third-order valence-electron chi connectivity index (χ3n) is 3.18. The SMILES string of the molecule is CC(O)CCCNC1CCCCCC1O. The molecular formula is C12H25NO2. The summed E-state index contributed by atoms with van der Waals surface area (Å²) in [7, 11) is 0. The van der Waals surface area contributed by atoms with Crippen LogP contribution < -0.4 is 5.32 Å². The minimum absolute atomic E-state index is 0.168. The summed E-state index contributed by atoms with van der Waals surface area (Å²) in [6, 6.07) is 0.279. The van der Waals surface area contributed by atoms with Crippen LogP contribution >= 0.6 is 0 Å². The maximum atomic E-state index is 9.85. The van der Waals surface area contributed by atoms with E-state index in [0.717, 1.165) is 38.6 Å². The molecule has 0 aromatic rings. The van der Waals surface area contributed by atoms with Gasteiger partial charge in [0, 0.05) is 6.04 Å². The Morgan fingerprint density at radius 3 is 2.73 bits per heavy atom. The first-order valence-electron chi connectivity index (χ1n) is 6.29. The van der Waals surface area contributed by atoms with Crippen molar-refractivity contribution >= 4 is 0 Å². The van der Waals surface area contributed by atoms with Crippen LogP contribution in [0, 0.1) is 0 Å². The summed E-state index contributed by atoms with van der Waals surface area (Å²) >= 11 is 0. The van der Waals surface area contributed by atoms with E-state index in [1.807, 2.05) is 6.92 Å². The maximum absolute atomic E-state index is 9.85. The molecule has 0 spiro atoms. The van der Waals surface area contributed by atoms with Crippen molar-refractivity contribution in [2.24, 2.45) is 0 Å². The standard InChI is InChI=1S/C12H25NO2/c1-10(14)6-5-9-13-11-7-3-2-4-8-12(11)15/h10-15H,2-9H2,1H3. The molecule has 3 heteroatoms. The van der Waals surface area contributed by atoms with Crippen LogP contribution in [0.25, 0.3) is 0 Å². The van der Waals surface area contributed by atoms with Crippen molar-refractivity contribution in [2.45, 2.75) is 70.1 Å². The van der Waals surface area contributed by atoms with E-state index < -0.39 is 0 Å². The minimum atomic E-state index is -0.203. The molecule has 0 saturated heterocycles. The lowest BCUT2D eigenvalue weighted by Crippen LogP contribution is -2.39. The zero-order valence-electron chi connectivity index (χ0n) is 9.78. The van der Waals surface area contributed by atoms with Gasteiger partial charge in [-0.3, -0.25) is 0 Å². The largest absolute Gasteiger partial charge is 0.393 e. The second kappa shape index (κ2) is 7.20. The van der Waals surface area contributed by atoms with E-state index in [0.29, 0.717) is 0 Å². The van der Waals surface area contributed by atoms with Gasteiger partial charge in [-0.1, -0.05) is 19.3 Å². The number of hydrogen-bond donors (Lipinski definition) is 3. The normalized spacial score (nSPS) is 29.8.